The monoisotopic (exact) mass is 385 g/mol. The zero-order valence-corrected chi connectivity index (χ0v) is 14.6. The standard InChI is InChI=1S/C18H16BrN3O2/c1-12-4-6-16(15(19)9-12)22-18(23)17-7-5-13(10-21-17)20-11-14-3-2-8-24-14/h2-10,20H,11H2,1H3,(H,22,23). The number of aryl methyl sites for hydroxylation is 1. The molecule has 0 aliphatic heterocycles. The molecule has 0 bridgehead atoms. The molecule has 0 aliphatic rings. The van der Waals surface area contributed by atoms with E-state index in [0.717, 1.165) is 21.5 Å². The number of carbonyl (C=O) groups is 1. The summed E-state index contributed by atoms with van der Waals surface area (Å²) in [4.78, 5) is 16.5. The largest absolute Gasteiger partial charge is 0.467 e. The van der Waals surface area contributed by atoms with Crippen LogP contribution in [0.1, 0.15) is 21.8 Å². The van der Waals surface area contributed by atoms with Crippen molar-refractivity contribution in [2.45, 2.75) is 13.5 Å². The van der Waals surface area contributed by atoms with Gasteiger partial charge in [-0.25, -0.2) is 4.98 Å². The number of rotatable bonds is 5. The molecule has 3 aromatic rings. The smallest absolute Gasteiger partial charge is 0.274 e. The highest BCUT2D eigenvalue weighted by molar-refractivity contribution is 9.10. The summed E-state index contributed by atoms with van der Waals surface area (Å²) in [5.74, 6) is 0.582. The number of halogens is 1. The lowest BCUT2D eigenvalue weighted by Gasteiger charge is -2.08. The highest BCUT2D eigenvalue weighted by atomic mass is 79.9. The highest BCUT2D eigenvalue weighted by Gasteiger charge is 2.10. The van der Waals surface area contributed by atoms with Crippen molar-refractivity contribution in [2.75, 3.05) is 10.6 Å². The van der Waals surface area contributed by atoms with Crippen LogP contribution in [0.3, 0.4) is 0 Å². The fourth-order valence-electron chi connectivity index (χ4n) is 2.14. The lowest BCUT2D eigenvalue weighted by molar-refractivity contribution is 0.102. The minimum Gasteiger partial charge on any atom is -0.467 e. The van der Waals surface area contributed by atoms with Crippen LogP contribution in [0.2, 0.25) is 0 Å². The first-order chi connectivity index (χ1) is 11.6. The van der Waals surface area contributed by atoms with Crippen LogP contribution in [0.5, 0.6) is 0 Å². The molecule has 0 atom stereocenters. The number of nitrogens with one attached hydrogen (secondary N) is 2. The summed E-state index contributed by atoms with van der Waals surface area (Å²) in [6, 6.07) is 13.0. The van der Waals surface area contributed by atoms with E-state index in [1.165, 1.54) is 0 Å². The van der Waals surface area contributed by atoms with Crippen molar-refractivity contribution in [3.63, 3.8) is 0 Å². The van der Waals surface area contributed by atoms with Crippen molar-refractivity contribution < 1.29 is 9.21 Å². The zero-order valence-electron chi connectivity index (χ0n) is 13.0. The van der Waals surface area contributed by atoms with Crippen LogP contribution in [-0.4, -0.2) is 10.9 Å². The predicted molar refractivity (Wildman–Crippen MR) is 97.1 cm³/mol. The van der Waals surface area contributed by atoms with E-state index >= 15 is 0 Å². The molecule has 122 valence electrons. The second-order valence-electron chi connectivity index (χ2n) is 5.30. The van der Waals surface area contributed by atoms with Crippen LogP contribution < -0.4 is 10.6 Å². The predicted octanol–water partition coefficient (Wildman–Crippen LogP) is 4.61. The number of hydrogen-bond donors (Lipinski definition) is 2. The van der Waals surface area contributed by atoms with Crippen molar-refractivity contribution in [3.05, 3.63) is 76.4 Å². The maximum absolute atomic E-state index is 12.3. The fourth-order valence-corrected chi connectivity index (χ4v) is 2.74. The molecular formula is C18H16BrN3O2. The van der Waals surface area contributed by atoms with Crippen LogP contribution in [0.15, 0.2) is 63.8 Å². The first kappa shape index (κ1) is 16.3. The van der Waals surface area contributed by atoms with Gasteiger partial charge in [0.25, 0.3) is 5.91 Å². The van der Waals surface area contributed by atoms with Gasteiger partial charge in [-0.15, -0.1) is 0 Å². The van der Waals surface area contributed by atoms with Crippen LogP contribution >= 0.6 is 15.9 Å². The van der Waals surface area contributed by atoms with Gasteiger partial charge in [-0.3, -0.25) is 4.79 Å². The highest BCUT2D eigenvalue weighted by Crippen LogP contribution is 2.23. The first-order valence-corrected chi connectivity index (χ1v) is 8.21. The Morgan fingerprint density at radius 3 is 2.79 bits per heavy atom. The summed E-state index contributed by atoms with van der Waals surface area (Å²) in [5, 5.41) is 6.03. The Morgan fingerprint density at radius 2 is 2.12 bits per heavy atom. The number of hydrogen-bond acceptors (Lipinski definition) is 4. The molecule has 0 saturated heterocycles. The summed E-state index contributed by atoms with van der Waals surface area (Å²) in [6.07, 6.45) is 3.26. The molecule has 0 spiro atoms. The Hall–Kier alpha value is -2.60. The van der Waals surface area contributed by atoms with Gasteiger partial charge >= 0.3 is 0 Å². The Balaban J connectivity index is 1.63. The van der Waals surface area contributed by atoms with E-state index in [-0.39, 0.29) is 5.91 Å². The Bertz CT molecular complexity index is 830. The Morgan fingerprint density at radius 1 is 1.25 bits per heavy atom. The molecule has 0 aliphatic carbocycles. The van der Waals surface area contributed by atoms with Gasteiger partial charge in [0, 0.05) is 4.47 Å². The summed E-state index contributed by atoms with van der Waals surface area (Å²) >= 11 is 3.45. The molecule has 2 heterocycles. The van der Waals surface area contributed by atoms with Gasteiger partial charge in [-0.05, 0) is 64.8 Å². The van der Waals surface area contributed by atoms with Gasteiger partial charge in [-0.1, -0.05) is 6.07 Å². The molecule has 3 rings (SSSR count). The van der Waals surface area contributed by atoms with Crippen molar-refractivity contribution in [1.82, 2.24) is 4.98 Å². The number of nitrogens with zero attached hydrogens (tertiary/aromatic N) is 1. The lowest BCUT2D eigenvalue weighted by Crippen LogP contribution is -2.14. The lowest BCUT2D eigenvalue weighted by atomic mass is 10.2. The van der Waals surface area contributed by atoms with E-state index in [2.05, 4.69) is 31.5 Å². The third-order valence-electron chi connectivity index (χ3n) is 3.42. The summed E-state index contributed by atoms with van der Waals surface area (Å²) < 4.78 is 6.09. The van der Waals surface area contributed by atoms with E-state index < -0.39 is 0 Å². The topological polar surface area (TPSA) is 67.2 Å². The molecule has 6 heteroatoms. The molecule has 0 fully saturated rings. The molecule has 2 N–H and O–H groups in total. The average Bonchev–Trinajstić information content (AvgIpc) is 3.09. The maximum atomic E-state index is 12.3. The summed E-state index contributed by atoms with van der Waals surface area (Å²) in [6.45, 7) is 2.56. The van der Waals surface area contributed by atoms with E-state index in [4.69, 9.17) is 4.42 Å². The normalized spacial score (nSPS) is 10.4. The van der Waals surface area contributed by atoms with Crippen LogP contribution in [0.25, 0.3) is 0 Å². The van der Waals surface area contributed by atoms with Crippen LogP contribution in [0.4, 0.5) is 11.4 Å². The first-order valence-electron chi connectivity index (χ1n) is 7.41. The number of pyridine rings is 1. The molecule has 0 unspecified atom stereocenters. The molecular weight excluding hydrogens is 370 g/mol. The SMILES string of the molecule is Cc1ccc(NC(=O)c2ccc(NCc3ccco3)cn2)c(Br)c1. The van der Waals surface area contributed by atoms with Gasteiger partial charge in [0.1, 0.15) is 11.5 Å². The van der Waals surface area contributed by atoms with E-state index in [1.54, 1.807) is 18.5 Å². The minimum atomic E-state index is -0.253. The van der Waals surface area contributed by atoms with E-state index in [0.29, 0.717) is 17.9 Å². The number of anilines is 2. The quantitative estimate of drug-likeness (QED) is 0.672. The molecule has 1 aromatic carbocycles. The summed E-state index contributed by atoms with van der Waals surface area (Å²) in [5.41, 5.74) is 3.00. The molecule has 5 nitrogen and oxygen atoms in total. The number of furan rings is 1. The average molecular weight is 386 g/mol. The van der Waals surface area contributed by atoms with Crippen molar-refractivity contribution >= 4 is 33.2 Å². The van der Waals surface area contributed by atoms with Gasteiger partial charge in [0.15, 0.2) is 0 Å². The zero-order chi connectivity index (χ0) is 16.9. The van der Waals surface area contributed by atoms with Gasteiger partial charge < -0.3 is 15.1 Å². The molecule has 24 heavy (non-hydrogen) atoms. The maximum Gasteiger partial charge on any atom is 0.274 e. The summed E-state index contributed by atoms with van der Waals surface area (Å²) in [7, 11) is 0. The fraction of sp³-hybridized carbons (Fsp3) is 0.111. The Kier molecular flexibility index (Phi) is 4.96. The number of benzene rings is 1. The van der Waals surface area contributed by atoms with E-state index in [1.807, 2.05) is 43.3 Å². The second-order valence-corrected chi connectivity index (χ2v) is 6.16. The van der Waals surface area contributed by atoms with Gasteiger partial charge in [-0.2, -0.15) is 0 Å². The third-order valence-corrected chi connectivity index (χ3v) is 4.07. The van der Waals surface area contributed by atoms with Crippen molar-refractivity contribution in [2.24, 2.45) is 0 Å². The molecule has 1 amide bonds. The molecule has 0 saturated carbocycles. The van der Waals surface area contributed by atoms with Crippen LogP contribution in [0, 0.1) is 6.92 Å². The number of carbonyl (C=O) groups excluding carboxylic acids is 1. The van der Waals surface area contributed by atoms with Crippen molar-refractivity contribution in [1.29, 1.82) is 0 Å². The van der Waals surface area contributed by atoms with Crippen molar-refractivity contribution in [3.8, 4) is 0 Å². The second kappa shape index (κ2) is 7.31. The third kappa shape index (κ3) is 4.02. The van der Waals surface area contributed by atoms with Gasteiger partial charge in [0.2, 0.25) is 0 Å². The Labute approximate surface area is 148 Å². The molecule has 0 radical (unpaired) electrons. The number of aromatic nitrogens is 1. The number of amides is 1. The van der Waals surface area contributed by atoms with E-state index in [9.17, 15) is 4.79 Å². The van der Waals surface area contributed by atoms with Gasteiger partial charge in [0.05, 0.1) is 30.4 Å². The molecule has 2 aromatic heterocycles. The minimum absolute atomic E-state index is 0.253. The van der Waals surface area contributed by atoms with Crippen LogP contribution in [-0.2, 0) is 6.54 Å².